The molecule has 1 saturated heterocycles. The zero-order valence-electron chi connectivity index (χ0n) is 16.9. The highest BCUT2D eigenvalue weighted by atomic mass is 32.2. The van der Waals surface area contributed by atoms with Crippen LogP contribution in [-0.4, -0.2) is 40.9 Å². The molecule has 0 spiro atoms. The third-order valence-electron chi connectivity index (χ3n) is 6.35. The van der Waals surface area contributed by atoms with Crippen LogP contribution in [0.1, 0.15) is 60.7 Å². The van der Waals surface area contributed by atoms with Crippen LogP contribution in [0.15, 0.2) is 58.2 Å². The number of sulfonamides is 1. The quantitative estimate of drug-likeness (QED) is 0.597. The van der Waals surface area contributed by atoms with Crippen LogP contribution in [0.2, 0.25) is 0 Å². The summed E-state index contributed by atoms with van der Waals surface area (Å²) < 4.78 is 46.8. The number of pyridine rings is 1. The monoisotopic (exact) mass is 442 g/mol. The minimum atomic E-state index is -3.79. The molecule has 162 valence electrons. The number of hydrogen-bond donors (Lipinski definition) is 0. The Balaban J connectivity index is 1.48. The lowest BCUT2D eigenvalue weighted by molar-refractivity contribution is 0.342. The number of aromatic nitrogens is 3. The molecule has 2 fully saturated rings. The standard InChI is InChI=1S/C22H23FN4O3S/c23-17-7-9-18(10-8-17)31(28,29)27-13-19(16-6-3-11-24-12-16)20(14-27)22-25-21(26-30-22)15-4-1-2-5-15/h3,6-12,15,19-20H,1-2,4-5,13-14H2. The van der Waals surface area contributed by atoms with Crippen molar-refractivity contribution in [2.75, 3.05) is 13.1 Å². The van der Waals surface area contributed by atoms with E-state index in [0.717, 1.165) is 36.4 Å². The molecule has 31 heavy (non-hydrogen) atoms. The molecular weight excluding hydrogens is 419 g/mol. The Morgan fingerprint density at radius 2 is 1.77 bits per heavy atom. The predicted octanol–water partition coefficient (Wildman–Crippen LogP) is 3.83. The fourth-order valence-electron chi connectivity index (χ4n) is 4.65. The first-order valence-electron chi connectivity index (χ1n) is 10.5. The van der Waals surface area contributed by atoms with Crippen molar-refractivity contribution in [3.05, 3.63) is 71.9 Å². The van der Waals surface area contributed by atoms with Crippen molar-refractivity contribution in [2.45, 2.75) is 48.3 Å². The van der Waals surface area contributed by atoms with Crippen LogP contribution < -0.4 is 0 Å². The maximum atomic E-state index is 13.3. The molecule has 2 aliphatic rings. The maximum absolute atomic E-state index is 13.3. The van der Waals surface area contributed by atoms with Crippen LogP contribution in [-0.2, 0) is 10.0 Å². The summed E-state index contributed by atoms with van der Waals surface area (Å²) in [6.07, 6.45) is 7.88. The number of halogens is 1. The third kappa shape index (κ3) is 3.87. The van der Waals surface area contributed by atoms with Crippen LogP contribution in [0.5, 0.6) is 0 Å². The smallest absolute Gasteiger partial charge is 0.243 e. The predicted molar refractivity (Wildman–Crippen MR) is 110 cm³/mol. The van der Waals surface area contributed by atoms with Gasteiger partial charge in [0.25, 0.3) is 0 Å². The average molecular weight is 443 g/mol. The van der Waals surface area contributed by atoms with Crippen molar-refractivity contribution >= 4 is 10.0 Å². The van der Waals surface area contributed by atoms with Crippen LogP contribution in [0.3, 0.4) is 0 Å². The molecule has 0 N–H and O–H groups in total. The van der Waals surface area contributed by atoms with Crippen LogP contribution >= 0.6 is 0 Å². The molecule has 0 radical (unpaired) electrons. The molecule has 0 bridgehead atoms. The van der Waals surface area contributed by atoms with E-state index >= 15 is 0 Å². The van der Waals surface area contributed by atoms with Gasteiger partial charge in [-0.05, 0) is 48.7 Å². The van der Waals surface area contributed by atoms with Gasteiger partial charge in [0.2, 0.25) is 15.9 Å². The Kier molecular flexibility index (Phi) is 5.31. The van der Waals surface area contributed by atoms with E-state index in [0.29, 0.717) is 11.8 Å². The van der Waals surface area contributed by atoms with E-state index in [1.54, 1.807) is 12.4 Å². The number of hydrogen-bond acceptors (Lipinski definition) is 6. The highest BCUT2D eigenvalue weighted by Crippen LogP contribution is 2.42. The number of rotatable bonds is 5. The Bertz CT molecular complexity index is 1150. The highest BCUT2D eigenvalue weighted by Gasteiger charge is 2.43. The lowest BCUT2D eigenvalue weighted by atomic mass is 9.90. The Hall–Kier alpha value is -2.65. The van der Waals surface area contributed by atoms with Gasteiger partial charge < -0.3 is 4.52 Å². The SMILES string of the molecule is O=S(=O)(c1ccc(F)cc1)N1CC(c2cccnc2)C(c2nc(C3CCCC3)no2)C1. The van der Waals surface area contributed by atoms with E-state index in [1.807, 2.05) is 12.1 Å². The fraction of sp³-hybridized carbons (Fsp3) is 0.409. The summed E-state index contributed by atoms with van der Waals surface area (Å²) in [7, 11) is -3.79. The van der Waals surface area contributed by atoms with Crippen LogP contribution in [0.25, 0.3) is 0 Å². The summed E-state index contributed by atoms with van der Waals surface area (Å²) in [4.78, 5) is 8.95. The lowest BCUT2D eigenvalue weighted by Crippen LogP contribution is -2.29. The molecule has 1 aliphatic heterocycles. The van der Waals surface area contributed by atoms with Gasteiger partial charge in [0.1, 0.15) is 5.82 Å². The van der Waals surface area contributed by atoms with Gasteiger partial charge in [-0.15, -0.1) is 0 Å². The molecular formula is C22H23FN4O3S. The lowest BCUT2D eigenvalue weighted by Gasteiger charge is -2.16. The van der Waals surface area contributed by atoms with E-state index in [2.05, 4.69) is 15.1 Å². The normalized spacial score (nSPS) is 22.9. The second-order valence-electron chi connectivity index (χ2n) is 8.25. The molecule has 5 rings (SSSR count). The summed E-state index contributed by atoms with van der Waals surface area (Å²) in [6.45, 7) is 0.475. The van der Waals surface area contributed by atoms with E-state index in [4.69, 9.17) is 4.52 Å². The highest BCUT2D eigenvalue weighted by molar-refractivity contribution is 7.89. The molecule has 3 aromatic rings. The second kappa shape index (κ2) is 8.12. The molecule has 7 nitrogen and oxygen atoms in total. The number of nitrogens with zero attached hydrogens (tertiary/aromatic N) is 4. The van der Waals surface area contributed by atoms with E-state index < -0.39 is 15.8 Å². The Morgan fingerprint density at radius 1 is 1.03 bits per heavy atom. The summed E-state index contributed by atoms with van der Waals surface area (Å²) in [6, 6.07) is 8.67. The minimum absolute atomic E-state index is 0.0664. The molecule has 9 heteroatoms. The zero-order chi connectivity index (χ0) is 21.4. The molecule has 1 aromatic carbocycles. The summed E-state index contributed by atoms with van der Waals surface area (Å²) >= 11 is 0. The molecule has 2 atom stereocenters. The molecule has 3 heterocycles. The van der Waals surface area contributed by atoms with Gasteiger partial charge in [-0.3, -0.25) is 4.98 Å². The summed E-state index contributed by atoms with van der Waals surface area (Å²) in [5.74, 6) is 0.583. The van der Waals surface area contributed by atoms with Gasteiger partial charge in [0.15, 0.2) is 5.82 Å². The molecule has 0 amide bonds. The van der Waals surface area contributed by atoms with Gasteiger partial charge in [0.05, 0.1) is 10.8 Å². The van der Waals surface area contributed by atoms with Crippen LogP contribution in [0.4, 0.5) is 4.39 Å². The molecule has 2 aromatic heterocycles. The van der Waals surface area contributed by atoms with Gasteiger partial charge in [-0.1, -0.05) is 24.1 Å². The Labute approximate surface area is 180 Å². The van der Waals surface area contributed by atoms with Gasteiger partial charge in [-0.2, -0.15) is 9.29 Å². The first kappa shape index (κ1) is 20.3. The van der Waals surface area contributed by atoms with Crippen molar-refractivity contribution in [3.63, 3.8) is 0 Å². The van der Waals surface area contributed by atoms with Crippen molar-refractivity contribution < 1.29 is 17.3 Å². The third-order valence-corrected chi connectivity index (χ3v) is 8.19. The first-order chi connectivity index (χ1) is 15.0. The van der Waals surface area contributed by atoms with E-state index in [1.165, 1.54) is 29.3 Å². The molecule has 2 unspecified atom stereocenters. The summed E-state index contributed by atoms with van der Waals surface area (Å²) in [5.41, 5.74) is 0.921. The van der Waals surface area contributed by atoms with Crippen molar-refractivity contribution in [2.24, 2.45) is 0 Å². The van der Waals surface area contributed by atoms with Crippen molar-refractivity contribution in [1.82, 2.24) is 19.4 Å². The van der Waals surface area contributed by atoms with E-state index in [9.17, 15) is 12.8 Å². The second-order valence-corrected chi connectivity index (χ2v) is 10.2. The molecule has 1 aliphatic carbocycles. The first-order valence-corrected chi connectivity index (χ1v) is 12.0. The van der Waals surface area contributed by atoms with Gasteiger partial charge in [-0.25, -0.2) is 12.8 Å². The van der Waals surface area contributed by atoms with Crippen molar-refractivity contribution in [3.8, 4) is 0 Å². The largest absolute Gasteiger partial charge is 0.339 e. The van der Waals surface area contributed by atoms with Gasteiger partial charge >= 0.3 is 0 Å². The van der Waals surface area contributed by atoms with Gasteiger partial charge in [0, 0.05) is 37.3 Å². The summed E-state index contributed by atoms with van der Waals surface area (Å²) in [5, 5.41) is 4.21. The van der Waals surface area contributed by atoms with E-state index in [-0.39, 0.29) is 29.8 Å². The van der Waals surface area contributed by atoms with Crippen LogP contribution in [0, 0.1) is 5.82 Å². The molecule has 1 saturated carbocycles. The topological polar surface area (TPSA) is 89.2 Å². The average Bonchev–Trinajstić information content (AvgIpc) is 3.54. The fourth-order valence-corrected chi connectivity index (χ4v) is 6.14. The zero-order valence-corrected chi connectivity index (χ0v) is 17.7. The maximum Gasteiger partial charge on any atom is 0.243 e. The van der Waals surface area contributed by atoms with Crippen molar-refractivity contribution in [1.29, 1.82) is 0 Å². The minimum Gasteiger partial charge on any atom is -0.339 e. The Morgan fingerprint density at radius 3 is 2.48 bits per heavy atom. The number of benzene rings is 1.